The fourth-order valence-corrected chi connectivity index (χ4v) is 14.2. The lowest BCUT2D eigenvalue weighted by Crippen LogP contribution is -2.27. The van der Waals surface area contributed by atoms with Crippen LogP contribution in [0.3, 0.4) is 0 Å². The number of hydrogen-bond acceptors (Lipinski definition) is 3. The van der Waals surface area contributed by atoms with Crippen LogP contribution >= 0.6 is 23.2 Å². The van der Waals surface area contributed by atoms with E-state index < -0.39 is 0 Å². The van der Waals surface area contributed by atoms with E-state index in [1.54, 1.807) is 0 Å². The van der Waals surface area contributed by atoms with Crippen molar-refractivity contribution < 1.29 is 14.2 Å². The molecule has 0 aliphatic rings. The van der Waals surface area contributed by atoms with Crippen molar-refractivity contribution in [2.75, 3.05) is 11.8 Å². The molecule has 2 rings (SSSR count). The second-order valence-electron chi connectivity index (χ2n) is 26.4. The van der Waals surface area contributed by atoms with E-state index in [2.05, 4.69) is 158 Å². The molecule has 2 aromatic rings. The van der Waals surface area contributed by atoms with Gasteiger partial charge >= 0.3 is 0 Å². The van der Waals surface area contributed by atoms with E-state index in [-0.39, 0.29) is 12.6 Å². The Bertz CT molecular complexity index is 1430. The molecule has 424 valence electrons. The molecule has 3 nitrogen and oxygen atoms in total. The average molecular weight is 1060 g/mol. The third kappa shape index (κ3) is 35.8. The van der Waals surface area contributed by atoms with Crippen LogP contribution in [-0.2, 0) is 27.4 Å². The molecule has 0 radical (unpaired) electrons. The second kappa shape index (κ2) is 41.0. The smallest absolute Gasteiger partial charge is 0.161 e. The van der Waals surface area contributed by atoms with Gasteiger partial charge in [-0.25, -0.2) is 0 Å². The van der Waals surface area contributed by atoms with E-state index in [1.807, 2.05) is 0 Å². The molecule has 0 heterocycles. The zero-order valence-corrected chi connectivity index (χ0v) is 51.9. The Morgan fingerprint density at radius 3 is 0.740 bits per heavy atom. The first kappa shape index (κ1) is 68.0. The molecule has 0 saturated carbocycles. The van der Waals surface area contributed by atoms with Gasteiger partial charge in [0.1, 0.15) is 0 Å². The molecular formula is C68H120Cl2O3. The highest BCUT2D eigenvalue weighted by molar-refractivity contribution is 6.18. The summed E-state index contributed by atoms with van der Waals surface area (Å²) in [4.78, 5) is 0. The van der Waals surface area contributed by atoms with Crippen molar-refractivity contribution >= 4 is 23.2 Å². The number of benzene rings is 2. The van der Waals surface area contributed by atoms with Crippen molar-refractivity contribution in [3.8, 4) is 0 Å². The quantitative estimate of drug-likeness (QED) is 0.0488. The van der Waals surface area contributed by atoms with E-state index in [9.17, 15) is 0 Å². The van der Waals surface area contributed by atoms with Crippen LogP contribution in [0.25, 0.3) is 0 Å². The molecule has 0 aliphatic carbocycles. The van der Waals surface area contributed by atoms with Crippen molar-refractivity contribution in [3.05, 3.63) is 71.8 Å². The zero-order chi connectivity index (χ0) is 54.0. The van der Waals surface area contributed by atoms with Crippen LogP contribution in [-0.4, -0.2) is 24.3 Å². The van der Waals surface area contributed by atoms with Crippen molar-refractivity contribution in [2.24, 2.45) is 82.9 Å². The summed E-state index contributed by atoms with van der Waals surface area (Å²) < 4.78 is 20.2. The Morgan fingerprint density at radius 2 is 0.507 bits per heavy atom. The Kier molecular flexibility index (Phi) is 38.2. The fourth-order valence-electron chi connectivity index (χ4n) is 13.9. The van der Waals surface area contributed by atoms with E-state index in [1.165, 1.54) is 114 Å². The van der Waals surface area contributed by atoms with Crippen LogP contribution in [0.1, 0.15) is 249 Å². The fraction of sp³-hybridized carbons (Fsp3) is 0.824. The Labute approximate surface area is 465 Å². The predicted octanol–water partition coefficient (Wildman–Crippen LogP) is 22.1. The zero-order valence-electron chi connectivity index (χ0n) is 50.4. The highest BCUT2D eigenvalue weighted by Crippen LogP contribution is 2.34. The summed E-state index contributed by atoms with van der Waals surface area (Å²) in [6.07, 6.45) is 26.6. The molecule has 0 spiro atoms. The minimum Gasteiger partial charge on any atom is -0.348 e. The summed E-state index contributed by atoms with van der Waals surface area (Å²) in [5.74, 6) is 12.3. The van der Waals surface area contributed by atoms with Crippen LogP contribution in [0.4, 0.5) is 0 Å². The molecule has 0 saturated heterocycles. The highest BCUT2D eigenvalue weighted by atomic mass is 35.5. The van der Waals surface area contributed by atoms with Gasteiger partial charge < -0.3 is 14.2 Å². The van der Waals surface area contributed by atoms with Crippen LogP contribution in [0.2, 0.25) is 0 Å². The lowest BCUT2D eigenvalue weighted by atomic mass is 9.80. The van der Waals surface area contributed by atoms with Crippen molar-refractivity contribution in [2.45, 2.75) is 264 Å². The van der Waals surface area contributed by atoms with Crippen molar-refractivity contribution in [1.82, 2.24) is 0 Å². The van der Waals surface area contributed by atoms with E-state index >= 15 is 0 Å². The molecule has 5 heteroatoms. The van der Waals surface area contributed by atoms with Gasteiger partial charge in [-0.3, -0.25) is 0 Å². The number of hydrogen-bond donors (Lipinski definition) is 0. The SMILES string of the molecule is CC(CCCCl)CC(C)CC(C)CC(C)CC(C)CC(C)CC(C)CCCC(OCc1ccccc1)OC(CCCC(C)CC(C)CC(C)CC(C)CC(C)CC(C)CC(C)CCCCl)OCc1ccccc1. The Morgan fingerprint density at radius 1 is 0.288 bits per heavy atom. The number of rotatable bonds is 46. The highest BCUT2D eigenvalue weighted by Gasteiger charge is 2.23. The minimum atomic E-state index is -0.306. The first-order valence-electron chi connectivity index (χ1n) is 30.9. The van der Waals surface area contributed by atoms with Crippen LogP contribution in [0.5, 0.6) is 0 Å². The number of alkyl halides is 2. The molecule has 0 fully saturated rings. The van der Waals surface area contributed by atoms with Crippen LogP contribution in [0, 0.1) is 82.9 Å². The molecule has 0 aromatic heterocycles. The Balaban J connectivity index is 1.90. The lowest BCUT2D eigenvalue weighted by Gasteiger charge is -2.27. The summed E-state index contributed by atoms with van der Waals surface area (Å²) in [6.45, 7) is 35.8. The van der Waals surface area contributed by atoms with Gasteiger partial charge in [0.2, 0.25) is 0 Å². The topological polar surface area (TPSA) is 27.7 Å². The molecule has 0 N–H and O–H groups in total. The van der Waals surface area contributed by atoms with E-state index in [0.717, 1.165) is 121 Å². The van der Waals surface area contributed by atoms with Crippen LogP contribution < -0.4 is 0 Å². The van der Waals surface area contributed by atoms with Gasteiger partial charge in [-0.15, -0.1) is 23.2 Å². The third-order valence-corrected chi connectivity index (χ3v) is 17.0. The second-order valence-corrected chi connectivity index (χ2v) is 27.2. The lowest BCUT2D eigenvalue weighted by molar-refractivity contribution is -0.257. The summed E-state index contributed by atoms with van der Waals surface area (Å²) >= 11 is 11.9. The molecule has 2 aromatic carbocycles. The number of halogens is 2. The third-order valence-electron chi connectivity index (χ3n) is 16.5. The first-order chi connectivity index (χ1) is 34.8. The first-order valence-corrected chi connectivity index (χ1v) is 32.0. The van der Waals surface area contributed by atoms with Gasteiger partial charge in [0.15, 0.2) is 12.6 Å². The van der Waals surface area contributed by atoms with Crippen molar-refractivity contribution in [3.63, 3.8) is 0 Å². The van der Waals surface area contributed by atoms with Gasteiger partial charge in [-0.1, -0.05) is 170 Å². The maximum absolute atomic E-state index is 6.90. The van der Waals surface area contributed by atoms with Gasteiger partial charge in [0, 0.05) is 11.8 Å². The normalized spacial score (nSPS) is 18.8. The molecule has 16 atom stereocenters. The van der Waals surface area contributed by atoms with Gasteiger partial charge in [-0.2, -0.15) is 0 Å². The summed E-state index contributed by atoms with van der Waals surface area (Å²) in [5, 5.41) is 0. The van der Waals surface area contributed by atoms with Gasteiger partial charge in [0.25, 0.3) is 0 Å². The predicted molar refractivity (Wildman–Crippen MR) is 322 cm³/mol. The standard InChI is InChI=1S/C68H120Cl2O3/c1-51(37-55(5)41-59(9)45-63(13)47-61(11)43-57(7)39-53(3)27-23-35-69)25-21-33-67(71-49-65-29-17-15-18-30-65)73-68(72-50-66-31-19-16-20-32-66)34-22-26-52(2)38-56(6)42-60(10)46-64(14)48-62(12)44-58(8)40-54(4)28-24-36-70/h15-20,29-32,51-64,67-68H,21-28,33-50H2,1-14H3. The molecule has 16 unspecified atom stereocenters. The minimum absolute atomic E-state index is 0.306. The maximum Gasteiger partial charge on any atom is 0.161 e. The monoisotopic (exact) mass is 1050 g/mol. The van der Waals surface area contributed by atoms with Gasteiger partial charge in [0.05, 0.1) is 13.2 Å². The maximum atomic E-state index is 6.90. The largest absolute Gasteiger partial charge is 0.348 e. The summed E-state index contributed by atoms with van der Waals surface area (Å²) in [7, 11) is 0. The molecule has 0 amide bonds. The van der Waals surface area contributed by atoms with Crippen LogP contribution in [0.15, 0.2) is 60.7 Å². The van der Waals surface area contributed by atoms with Gasteiger partial charge in [-0.05, 0) is 222 Å². The average Bonchev–Trinajstić information content (AvgIpc) is 3.30. The molecular weight excluding hydrogens is 936 g/mol. The van der Waals surface area contributed by atoms with Crippen molar-refractivity contribution in [1.29, 1.82) is 0 Å². The Hall–Kier alpha value is -1.10. The number of ether oxygens (including phenoxy) is 3. The van der Waals surface area contributed by atoms with E-state index in [4.69, 9.17) is 37.4 Å². The molecule has 0 bridgehead atoms. The molecule has 73 heavy (non-hydrogen) atoms. The molecule has 0 aliphatic heterocycles. The summed E-state index contributed by atoms with van der Waals surface area (Å²) in [6, 6.07) is 21.2. The van der Waals surface area contributed by atoms with E-state index in [0.29, 0.717) is 25.0 Å². The summed E-state index contributed by atoms with van der Waals surface area (Å²) in [5.41, 5.74) is 2.36.